The molecule has 3 aromatic rings. The van der Waals surface area contributed by atoms with Crippen LogP contribution in [0.25, 0.3) is 0 Å². The molecule has 0 aromatic heterocycles. The minimum absolute atomic E-state index is 0.0163. The maximum Gasteiger partial charge on any atom is 0.339 e. The van der Waals surface area contributed by atoms with Crippen LogP contribution in [-0.4, -0.2) is 39.2 Å². The van der Waals surface area contributed by atoms with Crippen LogP contribution in [0.2, 0.25) is 0 Å². The minimum atomic E-state index is -4.01. The molecule has 0 radical (unpaired) electrons. The van der Waals surface area contributed by atoms with Gasteiger partial charge in [-0.1, -0.05) is 35.4 Å². The molecule has 0 spiro atoms. The standard InChI is InChI=1S/C27H25NO7S/c1-18-3-9-22(10-4-18)28-16-21(15-26(28)30)27(31)34-17-25(29)20-7-11-23(12-8-20)35-36(32,33)24-13-5-19(2)6-14-24/h3-14,21H,15-17H2,1-2H3. The van der Waals surface area contributed by atoms with Gasteiger partial charge in [0.25, 0.3) is 0 Å². The molecule has 9 heteroatoms. The molecule has 0 bridgehead atoms. The van der Waals surface area contributed by atoms with Crippen LogP contribution in [0.1, 0.15) is 27.9 Å². The molecular weight excluding hydrogens is 482 g/mol. The maximum absolute atomic E-state index is 12.5. The molecule has 0 saturated carbocycles. The van der Waals surface area contributed by atoms with E-state index in [4.69, 9.17) is 8.92 Å². The highest BCUT2D eigenvalue weighted by Gasteiger charge is 2.36. The van der Waals surface area contributed by atoms with E-state index in [1.165, 1.54) is 41.3 Å². The van der Waals surface area contributed by atoms with Crippen molar-refractivity contribution < 1.29 is 31.7 Å². The van der Waals surface area contributed by atoms with E-state index in [1.54, 1.807) is 12.1 Å². The number of ether oxygens (including phenoxy) is 1. The van der Waals surface area contributed by atoms with E-state index in [9.17, 15) is 22.8 Å². The highest BCUT2D eigenvalue weighted by atomic mass is 32.2. The number of rotatable bonds is 8. The van der Waals surface area contributed by atoms with Gasteiger partial charge in [0.05, 0.1) is 5.92 Å². The minimum Gasteiger partial charge on any atom is -0.457 e. The van der Waals surface area contributed by atoms with Gasteiger partial charge < -0.3 is 13.8 Å². The van der Waals surface area contributed by atoms with Crippen LogP contribution >= 0.6 is 0 Å². The first kappa shape index (κ1) is 25.1. The van der Waals surface area contributed by atoms with Crippen LogP contribution in [-0.2, 0) is 24.4 Å². The lowest BCUT2D eigenvalue weighted by molar-refractivity contribution is -0.147. The van der Waals surface area contributed by atoms with Gasteiger partial charge in [-0.15, -0.1) is 0 Å². The quantitative estimate of drug-likeness (QED) is 0.259. The summed E-state index contributed by atoms with van der Waals surface area (Å²) in [5.41, 5.74) is 2.92. The number of carbonyl (C=O) groups is 3. The monoisotopic (exact) mass is 507 g/mol. The predicted octanol–water partition coefficient (Wildman–Crippen LogP) is 3.85. The molecule has 1 atom stereocenters. The Hall–Kier alpha value is -3.98. The van der Waals surface area contributed by atoms with Gasteiger partial charge in [0.1, 0.15) is 10.6 Å². The van der Waals surface area contributed by atoms with Crippen LogP contribution in [0.4, 0.5) is 5.69 Å². The number of aryl methyl sites for hydroxylation is 2. The van der Waals surface area contributed by atoms with E-state index in [1.807, 2.05) is 38.1 Å². The van der Waals surface area contributed by atoms with E-state index in [2.05, 4.69) is 0 Å². The third kappa shape index (κ3) is 5.80. The second kappa shape index (κ2) is 10.3. The summed E-state index contributed by atoms with van der Waals surface area (Å²) in [5.74, 6) is -1.87. The average molecular weight is 508 g/mol. The van der Waals surface area contributed by atoms with Crippen molar-refractivity contribution in [2.75, 3.05) is 18.1 Å². The van der Waals surface area contributed by atoms with Crippen molar-refractivity contribution in [3.8, 4) is 5.75 Å². The molecule has 1 amide bonds. The van der Waals surface area contributed by atoms with Gasteiger partial charge in [0, 0.05) is 24.2 Å². The molecule has 186 valence electrons. The lowest BCUT2D eigenvalue weighted by Crippen LogP contribution is -2.27. The normalized spacial score (nSPS) is 15.6. The largest absolute Gasteiger partial charge is 0.457 e. The first-order chi connectivity index (χ1) is 17.1. The summed E-state index contributed by atoms with van der Waals surface area (Å²) in [4.78, 5) is 38.9. The molecule has 0 aliphatic carbocycles. The number of nitrogens with zero attached hydrogens (tertiary/aromatic N) is 1. The smallest absolute Gasteiger partial charge is 0.339 e. The van der Waals surface area contributed by atoms with Gasteiger partial charge in [-0.2, -0.15) is 8.42 Å². The summed E-state index contributed by atoms with van der Waals surface area (Å²) in [6, 6.07) is 19.2. The van der Waals surface area contributed by atoms with Gasteiger partial charge in [-0.3, -0.25) is 14.4 Å². The lowest BCUT2D eigenvalue weighted by Gasteiger charge is -2.16. The van der Waals surface area contributed by atoms with E-state index in [-0.39, 0.29) is 35.1 Å². The van der Waals surface area contributed by atoms with Crippen molar-refractivity contribution in [2.24, 2.45) is 5.92 Å². The number of esters is 1. The molecule has 1 aliphatic heterocycles. The number of Topliss-reactive ketones (excluding diaryl/α,β-unsaturated/α-hetero) is 1. The van der Waals surface area contributed by atoms with Crippen molar-refractivity contribution in [2.45, 2.75) is 25.2 Å². The number of ketones is 1. The summed E-state index contributed by atoms with van der Waals surface area (Å²) in [5, 5.41) is 0. The molecule has 1 aliphatic rings. The topological polar surface area (TPSA) is 107 Å². The first-order valence-electron chi connectivity index (χ1n) is 11.3. The Morgan fingerprint density at radius 1 is 0.889 bits per heavy atom. The van der Waals surface area contributed by atoms with Crippen LogP contribution in [0.15, 0.2) is 77.7 Å². The third-order valence-corrected chi connectivity index (χ3v) is 7.10. The van der Waals surface area contributed by atoms with Crippen LogP contribution < -0.4 is 9.08 Å². The fourth-order valence-electron chi connectivity index (χ4n) is 3.75. The Morgan fingerprint density at radius 3 is 2.08 bits per heavy atom. The second-order valence-electron chi connectivity index (χ2n) is 8.65. The zero-order valence-electron chi connectivity index (χ0n) is 19.8. The van der Waals surface area contributed by atoms with Crippen molar-refractivity contribution in [3.63, 3.8) is 0 Å². The summed E-state index contributed by atoms with van der Waals surface area (Å²) in [6.45, 7) is 3.49. The van der Waals surface area contributed by atoms with E-state index < -0.39 is 34.4 Å². The number of hydrogen-bond donors (Lipinski definition) is 0. The van der Waals surface area contributed by atoms with Gasteiger partial charge >= 0.3 is 16.1 Å². The zero-order valence-corrected chi connectivity index (χ0v) is 20.7. The van der Waals surface area contributed by atoms with Gasteiger partial charge in [0.15, 0.2) is 12.4 Å². The molecule has 0 N–H and O–H groups in total. The summed E-state index contributed by atoms with van der Waals surface area (Å²) in [6.07, 6.45) is 0.0163. The molecule has 1 heterocycles. The van der Waals surface area contributed by atoms with Crippen molar-refractivity contribution in [1.29, 1.82) is 0 Å². The number of anilines is 1. The van der Waals surface area contributed by atoms with E-state index >= 15 is 0 Å². The number of carbonyl (C=O) groups excluding carboxylic acids is 3. The molecule has 1 unspecified atom stereocenters. The molecule has 3 aromatic carbocycles. The SMILES string of the molecule is Cc1ccc(N2CC(C(=O)OCC(=O)c3ccc(OS(=O)(=O)c4ccc(C)cc4)cc3)CC2=O)cc1. The fraction of sp³-hybridized carbons (Fsp3) is 0.222. The van der Waals surface area contributed by atoms with Gasteiger partial charge in [0.2, 0.25) is 5.91 Å². The highest BCUT2D eigenvalue weighted by Crippen LogP contribution is 2.26. The Labute approximate surface area is 209 Å². The van der Waals surface area contributed by atoms with Gasteiger partial charge in [-0.25, -0.2) is 0 Å². The highest BCUT2D eigenvalue weighted by molar-refractivity contribution is 7.87. The number of amides is 1. The first-order valence-corrected chi connectivity index (χ1v) is 12.7. The number of hydrogen-bond acceptors (Lipinski definition) is 7. The molecule has 4 rings (SSSR count). The van der Waals surface area contributed by atoms with E-state index in [0.717, 1.165) is 11.1 Å². The Kier molecular flexibility index (Phi) is 7.21. The molecular formula is C27H25NO7S. The average Bonchev–Trinajstić information content (AvgIpc) is 3.25. The van der Waals surface area contributed by atoms with Crippen LogP contribution in [0.3, 0.4) is 0 Å². The van der Waals surface area contributed by atoms with Crippen LogP contribution in [0, 0.1) is 19.8 Å². The Morgan fingerprint density at radius 2 is 1.47 bits per heavy atom. The molecule has 36 heavy (non-hydrogen) atoms. The predicted molar refractivity (Wildman–Crippen MR) is 132 cm³/mol. The van der Waals surface area contributed by atoms with Crippen molar-refractivity contribution in [3.05, 3.63) is 89.5 Å². The Bertz CT molecular complexity index is 1380. The maximum atomic E-state index is 12.5. The summed E-state index contributed by atoms with van der Waals surface area (Å²) < 4.78 is 35.1. The van der Waals surface area contributed by atoms with Crippen LogP contribution in [0.5, 0.6) is 5.75 Å². The third-order valence-electron chi connectivity index (χ3n) is 5.84. The second-order valence-corrected chi connectivity index (χ2v) is 10.2. The molecule has 8 nitrogen and oxygen atoms in total. The van der Waals surface area contributed by atoms with Crippen molar-refractivity contribution in [1.82, 2.24) is 0 Å². The fourth-order valence-corrected chi connectivity index (χ4v) is 4.68. The summed E-state index contributed by atoms with van der Waals surface area (Å²) in [7, 11) is -4.01. The molecule has 1 fully saturated rings. The zero-order chi connectivity index (χ0) is 25.9. The molecule has 1 saturated heterocycles. The van der Waals surface area contributed by atoms with Gasteiger partial charge in [-0.05, 0) is 62.4 Å². The van der Waals surface area contributed by atoms with Crippen molar-refractivity contribution >= 4 is 33.5 Å². The Balaban J connectivity index is 1.31. The lowest BCUT2D eigenvalue weighted by atomic mass is 10.1. The number of benzene rings is 3. The van der Waals surface area contributed by atoms with E-state index in [0.29, 0.717) is 5.69 Å². The summed E-state index contributed by atoms with van der Waals surface area (Å²) >= 11 is 0.